The molecule has 1 aromatic carbocycles. The van der Waals surface area contributed by atoms with Gasteiger partial charge in [-0.1, -0.05) is 12.1 Å². The topological polar surface area (TPSA) is 40.5 Å². The van der Waals surface area contributed by atoms with E-state index in [0.29, 0.717) is 5.56 Å². The van der Waals surface area contributed by atoms with Crippen LogP contribution in [0, 0.1) is 5.82 Å². The zero-order valence-corrected chi connectivity index (χ0v) is 6.74. The molecule has 2 nitrogen and oxygen atoms in total. The monoisotopic (exact) mass is 170 g/mol. The minimum absolute atomic E-state index is 0.350. The van der Waals surface area contributed by atoms with Crippen LogP contribution in [-0.2, 0) is 0 Å². The Morgan fingerprint density at radius 1 is 1.17 bits per heavy atom. The predicted molar refractivity (Wildman–Crippen MR) is 43.0 cm³/mol. The molecule has 0 radical (unpaired) electrons. The highest BCUT2D eigenvalue weighted by Crippen LogP contribution is 2.16. The van der Waals surface area contributed by atoms with Crippen LogP contribution in [0.25, 0.3) is 0 Å². The molecule has 0 fully saturated rings. The third-order valence-corrected chi connectivity index (χ3v) is 1.67. The third kappa shape index (κ3) is 2.03. The average Bonchev–Trinajstić information content (AvgIpc) is 2.04. The lowest BCUT2D eigenvalue weighted by Gasteiger charge is -2.13. The van der Waals surface area contributed by atoms with E-state index in [4.69, 9.17) is 5.11 Å². The van der Waals surface area contributed by atoms with Crippen LogP contribution in [0.1, 0.15) is 18.6 Å². The summed E-state index contributed by atoms with van der Waals surface area (Å²) < 4.78 is 12.4. The molecule has 0 aliphatic heterocycles. The van der Waals surface area contributed by atoms with Gasteiger partial charge in [-0.15, -0.1) is 0 Å². The number of aliphatic hydroxyl groups excluding tert-OH is 2. The fraction of sp³-hybridized carbons (Fsp3) is 0.333. The summed E-state index contributed by atoms with van der Waals surface area (Å²) in [5.74, 6) is -0.350. The Hall–Kier alpha value is -0.930. The fourth-order valence-electron chi connectivity index (χ4n) is 0.938. The van der Waals surface area contributed by atoms with E-state index in [-0.39, 0.29) is 5.82 Å². The van der Waals surface area contributed by atoms with Crippen molar-refractivity contribution >= 4 is 0 Å². The van der Waals surface area contributed by atoms with Crippen molar-refractivity contribution in [2.24, 2.45) is 0 Å². The molecule has 0 saturated carbocycles. The van der Waals surface area contributed by atoms with Crippen LogP contribution < -0.4 is 0 Å². The molecular formula is C9H11FO2. The first kappa shape index (κ1) is 9.16. The molecule has 2 N–H and O–H groups in total. The van der Waals surface area contributed by atoms with E-state index in [1.807, 2.05) is 0 Å². The molecule has 1 aromatic rings. The highest BCUT2D eigenvalue weighted by Gasteiger charge is 2.12. The summed E-state index contributed by atoms with van der Waals surface area (Å²) in [6.07, 6.45) is -1.78. The summed E-state index contributed by atoms with van der Waals surface area (Å²) in [6, 6.07) is 5.40. The maximum absolute atomic E-state index is 12.4. The summed E-state index contributed by atoms with van der Waals surface area (Å²) in [7, 11) is 0. The molecule has 1 rings (SSSR count). The number of hydrogen-bond donors (Lipinski definition) is 2. The Balaban J connectivity index is 2.82. The summed E-state index contributed by atoms with van der Waals surface area (Å²) >= 11 is 0. The Labute approximate surface area is 70.3 Å². The van der Waals surface area contributed by atoms with Gasteiger partial charge in [-0.2, -0.15) is 0 Å². The first-order valence-electron chi connectivity index (χ1n) is 3.73. The maximum atomic E-state index is 12.4. The first-order chi connectivity index (χ1) is 5.61. The van der Waals surface area contributed by atoms with E-state index >= 15 is 0 Å². The van der Waals surface area contributed by atoms with Crippen LogP contribution in [0.2, 0.25) is 0 Å². The summed E-state index contributed by atoms with van der Waals surface area (Å²) in [4.78, 5) is 0. The van der Waals surface area contributed by atoms with E-state index in [1.54, 1.807) is 0 Å². The van der Waals surface area contributed by atoms with Crippen LogP contribution in [0.5, 0.6) is 0 Å². The number of rotatable bonds is 2. The molecule has 0 aromatic heterocycles. The van der Waals surface area contributed by atoms with Crippen LogP contribution in [0.4, 0.5) is 4.39 Å². The first-order valence-corrected chi connectivity index (χ1v) is 3.73. The van der Waals surface area contributed by atoms with Gasteiger partial charge in [0.15, 0.2) is 0 Å². The standard InChI is InChI=1S/C9H11FO2/c1-6(11)9(12)7-2-4-8(10)5-3-7/h2-6,9,11-12H,1H3/t6-,9+/m1/s1. The van der Waals surface area contributed by atoms with Gasteiger partial charge in [0.25, 0.3) is 0 Å². The van der Waals surface area contributed by atoms with E-state index in [2.05, 4.69) is 0 Å². The molecule has 0 spiro atoms. The average molecular weight is 170 g/mol. The quantitative estimate of drug-likeness (QED) is 0.701. The van der Waals surface area contributed by atoms with Crippen molar-refractivity contribution in [2.75, 3.05) is 0 Å². The molecule has 66 valence electrons. The van der Waals surface area contributed by atoms with E-state index in [9.17, 15) is 9.50 Å². The largest absolute Gasteiger partial charge is 0.390 e. The summed E-state index contributed by atoms with van der Waals surface area (Å²) in [5, 5.41) is 18.3. The molecule has 0 aliphatic rings. The number of hydrogen-bond acceptors (Lipinski definition) is 2. The lowest BCUT2D eigenvalue weighted by molar-refractivity contribution is 0.0305. The highest BCUT2D eigenvalue weighted by atomic mass is 19.1. The van der Waals surface area contributed by atoms with Crippen molar-refractivity contribution < 1.29 is 14.6 Å². The Kier molecular flexibility index (Phi) is 2.78. The van der Waals surface area contributed by atoms with Gasteiger partial charge in [-0.05, 0) is 24.6 Å². The second kappa shape index (κ2) is 3.65. The van der Waals surface area contributed by atoms with Crippen LogP contribution in [0.3, 0.4) is 0 Å². The normalized spacial score (nSPS) is 15.7. The Bertz CT molecular complexity index is 243. The van der Waals surface area contributed by atoms with Gasteiger partial charge >= 0.3 is 0 Å². The smallest absolute Gasteiger partial charge is 0.123 e. The summed E-state index contributed by atoms with van der Waals surface area (Å²) in [6.45, 7) is 1.48. The fourth-order valence-corrected chi connectivity index (χ4v) is 0.938. The van der Waals surface area contributed by atoms with Crippen molar-refractivity contribution in [3.05, 3.63) is 35.6 Å². The van der Waals surface area contributed by atoms with E-state index in [0.717, 1.165) is 0 Å². The molecule has 0 aliphatic carbocycles. The highest BCUT2D eigenvalue weighted by molar-refractivity contribution is 5.19. The second-order valence-corrected chi connectivity index (χ2v) is 2.74. The zero-order valence-electron chi connectivity index (χ0n) is 6.74. The van der Waals surface area contributed by atoms with Gasteiger partial charge in [0.05, 0.1) is 6.10 Å². The van der Waals surface area contributed by atoms with Gasteiger partial charge in [0.2, 0.25) is 0 Å². The zero-order chi connectivity index (χ0) is 9.14. The van der Waals surface area contributed by atoms with Crippen molar-refractivity contribution in [3.63, 3.8) is 0 Å². The lowest BCUT2D eigenvalue weighted by Crippen LogP contribution is -2.13. The maximum Gasteiger partial charge on any atom is 0.123 e. The SMILES string of the molecule is C[C@@H](O)[C@H](O)c1ccc(F)cc1. The molecule has 0 unspecified atom stereocenters. The van der Waals surface area contributed by atoms with Gasteiger partial charge < -0.3 is 10.2 Å². The van der Waals surface area contributed by atoms with Gasteiger partial charge in [0, 0.05) is 0 Å². The molecule has 12 heavy (non-hydrogen) atoms. The molecule has 0 saturated heterocycles. The molecule has 3 heteroatoms. The molecule has 0 amide bonds. The van der Waals surface area contributed by atoms with Crippen LogP contribution in [-0.4, -0.2) is 16.3 Å². The van der Waals surface area contributed by atoms with Crippen molar-refractivity contribution in [3.8, 4) is 0 Å². The molecule has 2 atom stereocenters. The molecular weight excluding hydrogens is 159 g/mol. The van der Waals surface area contributed by atoms with Gasteiger partial charge in [0.1, 0.15) is 11.9 Å². The second-order valence-electron chi connectivity index (χ2n) is 2.74. The predicted octanol–water partition coefficient (Wildman–Crippen LogP) is 1.24. The van der Waals surface area contributed by atoms with Crippen molar-refractivity contribution in [1.82, 2.24) is 0 Å². The number of benzene rings is 1. The minimum Gasteiger partial charge on any atom is -0.390 e. The number of halogens is 1. The van der Waals surface area contributed by atoms with Crippen LogP contribution >= 0.6 is 0 Å². The van der Waals surface area contributed by atoms with Gasteiger partial charge in [-0.3, -0.25) is 0 Å². The minimum atomic E-state index is -0.939. The third-order valence-electron chi connectivity index (χ3n) is 1.67. The van der Waals surface area contributed by atoms with Crippen molar-refractivity contribution in [2.45, 2.75) is 19.1 Å². The molecule has 0 bridgehead atoms. The number of aliphatic hydroxyl groups is 2. The van der Waals surface area contributed by atoms with Crippen LogP contribution in [0.15, 0.2) is 24.3 Å². The van der Waals surface area contributed by atoms with Crippen molar-refractivity contribution in [1.29, 1.82) is 0 Å². The van der Waals surface area contributed by atoms with E-state index < -0.39 is 12.2 Å². The summed E-state index contributed by atoms with van der Waals surface area (Å²) in [5.41, 5.74) is 0.520. The van der Waals surface area contributed by atoms with Gasteiger partial charge in [-0.25, -0.2) is 4.39 Å². The lowest BCUT2D eigenvalue weighted by atomic mass is 10.1. The van der Waals surface area contributed by atoms with E-state index in [1.165, 1.54) is 31.2 Å². The molecule has 0 heterocycles. The Morgan fingerprint density at radius 3 is 2.08 bits per heavy atom. The Morgan fingerprint density at radius 2 is 1.67 bits per heavy atom.